The first-order valence-corrected chi connectivity index (χ1v) is 6.71. The van der Waals surface area contributed by atoms with Crippen molar-refractivity contribution in [3.05, 3.63) is 39.2 Å². The van der Waals surface area contributed by atoms with Gasteiger partial charge < -0.3 is 10.6 Å². The maximum atomic E-state index is 13.5. The van der Waals surface area contributed by atoms with Crippen LogP contribution in [0.1, 0.15) is 29.3 Å². The van der Waals surface area contributed by atoms with Gasteiger partial charge in [0.25, 0.3) is 11.6 Å². The number of benzene rings is 1. The number of nitro benzene ring substituents is 1. The quantitative estimate of drug-likeness (QED) is 0.680. The van der Waals surface area contributed by atoms with Gasteiger partial charge in [0, 0.05) is 18.7 Å². The minimum Gasteiger partial charge on any atom is -0.338 e. The van der Waals surface area contributed by atoms with E-state index in [2.05, 4.69) is 0 Å². The zero-order valence-corrected chi connectivity index (χ0v) is 12.1. The molecule has 1 amide bonds. The van der Waals surface area contributed by atoms with Gasteiger partial charge in [-0.25, -0.2) is 4.39 Å². The van der Waals surface area contributed by atoms with Crippen LogP contribution in [0.25, 0.3) is 0 Å². The summed E-state index contributed by atoms with van der Waals surface area (Å²) in [6, 6.07) is 1.99. The van der Waals surface area contributed by atoms with Gasteiger partial charge in [-0.15, -0.1) is 0 Å². The van der Waals surface area contributed by atoms with Gasteiger partial charge in [-0.05, 0) is 37.4 Å². The van der Waals surface area contributed by atoms with Crippen LogP contribution in [0, 0.1) is 28.3 Å². The third-order valence-electron chi connectivity index (χ3n) is 4.02. The van der Waals surface area contributed by atoms with E-state index in [1.807, 2.05) is 6.92 Å². The summed E-state index contributed by atoms with van der Waals surface area (Å²) in [7, 11) is 0. The fourth-order valence-corrected chi connectivity index (χ4v) is 2.67. The summed E-state index contributed by atoms with van der Waals surface area (Å²) in [5.74, 6) is -1.16. The number of carbonyl (C=O) groups excluding carboxylic acids is 1. The summed E-state index contributed by atoms with van der Waals surface area (Å²) < 4.78 is 13.5. The lowest BCUT2D eigenvalue weighted by molar-refractivity contribution is -0.385. The lowest BCUT2D eigenvalue weighted by atomic mass is 9.90. The second kappa shape index (κ2) is 5.40. The van der Waals surface area contributed by atoms with Crippen LogP contribution in [0.4, 0.5) is 10.1 Å². The van der Waals surface area contributed by atoms with Crippen molar-refractivity contribution in [3.63, 3.8) is 0 Å². The predicted octanol–water partition coefficient (Wildman–Crippen LogP) is 1.85. The van der Waals surface area contributed by atoms with Gasteiger partial charge in [-0.3, -0.25) is 14.9 Å². The van der Waals surface area contributed by atoms with Crippen molar-refractivity contribution in [1.29, 1.82) is 0 Å². The van der Waals surface area contributed by atoms with Crippen molar-refractivity contribution in [3.8, 4) is 0 Å². The standard InChI is InChI=1S/C14H18FN3O3/c1-9-5-10(15)6-11(12(9)18(20)21)13(19)17-4-3-14(2,7-16)8-17/h5-6H,3-4,7-8,16H2,1-2H3. The first kappa shape index (κ1) is 15.4. The molecule has 1 fully saturated rings. The first-order chi connectivity index (χ1) is 9.77. The second-order valence-corrected chi connectivity index (χ2v) is 5.87. The zero-order valence-electron chi connectivity index (χ0n) is 12.1. The molecule has 1 heterocycles. The third-order valence-corrected chi connectivity index (χ3v) is 4.02. The Morgan fingerprint density at radius 3 is 2.76 bits per heavy atom. The predicted molar refractivity (Wildman–Crippen MR) is 75.5 cm³/mol. The summed E-state index contributed by atoms with van der Waals surface area (Å²) in [4.78, 5) is 24.5. The van der Waals surface area contributed by atoms with Crippen LogP contribution in [0.3, 0.4) is 0 Å². The number of carbonyl (C=O) groups is 1. The molecule has 1 aliphatic heterocycles. The number of rotatable bonds is 3. The first-order valence-electron chi connectivity index (χ1n) is 6.71. The second-order valence-electron chi connectivity index (χ2n) is 5.87. The molecule has 0 radical (unpaired) electrons. The van der Waals surface area contributed by atoms with E-state index in [4.69, 9.17) is 5.73 Å². The van der Waals surface area contributed by atoms with E-state index in [-0.39, 0.29) is 22.2 Å². The Balaban J connectivity index is 2.38. The van der Waals surface area contributed by atoms with Crippen molar-refractivity contribution in [2.45, 2.75) is 20.3 Å². The Hall–Kier alpha value is -2.02. The minimum atomic E-state index is -0.651. The molecule has 2 N–H and O–H groups in total. The van der Waals surface area contributed by atoms with Crippen LogP contribution >= 0.6 is 0 Å². The Kier molecular flexibility index (Phi) is 3.95. The number of hydrogen-bond acceptors (Lipinski definition) is 4. The molecular weight excluding hydrogens is 277 g/mol. The number of halogens is 1. The number of amides is 1. The molecule has 2 rings (SSSR count). The smallest absolute Gasteiger partial charge is 0.285 e. The molecule has 0 bridgehead atoms. The van der Waals surface area contributed by atoms with Crippen LogP contribution in [-0.4, -0.2) is 35.4 Å². The van der Waals surface area contributed by atoms with Crippen molar-refractivity contribution in [1.82, 2.24) is 4.90 Å². The minimum absolute atomic E-state index is 0.143. The molecule has 1 aromatic carbocycles. The van der Waals surface area contributed by atoms with Crippen LogP contribution < -0.4 is 5.73 Å². The Morgan fingerprint density at radius 2 is 2.24 bits per heavy atom. The molecule has 7 heteroatoms. The van der Waals surface area contributed by atoms with Gasteiger partial charge in [0.1, 0.15) is 11.4 Å². The SMILES string of the molecule is Cc1cc(F)cc(C(=O)N2CCC(C)(CN)C2)c1[N+](=O)[O-]. The van der Waals surface area contributed by atoms with E-state index >= 15 is 0 Å². The molecular formula is C14H18FN3O3. The lowest BCUT2D eigenvalue weighted by Gasteiger charge is -2.22. The Bertz CT molecular complexity index is 605. The monoisotopic (exact) mass is 295 g/mol. The molecule has 6 nitrogen and oxygen atoms in total. The number of hydrogen-bond donors (Lipinski definition) is 1. The molecule has 0 saturated carbocycles. The highest BCUT2D eigenvalue weighted by molar-refractivity contribution is 5.98. The molecule has 1 aromatic rings. The van der Waals surface area contributed by atoms with Crippen molar-refractivity contribution in [2.24, 2.45) is 11.1 Å². The van der Waals surface area contributed by atoms with Gasteiger partial charge >= 0.3 is 0 Å². The number of nitro groups is 1. The fourth-order valence-electron chi connectivity index (χ4n) is 2.67. The van der Waals surface area contributed by atoms with Gasteiger partial charge in [0.2, 0.25) is 0 Å². The molecule has 21 heavy (non-hydrogen) atoms. The van der Waals surface area contributed by atoms with E-state index in [1.165, 1.54) is 11.8 Å². The highest BCUT2D eigenvalue weighted by Gasteiger charge is 2.37. The van der Waals surface area contributed by atoms with Crippen LogP contribution in [-0.2, 0) is 0 Å². The molecule has 1 saturated heterocycles. The maximum absolute atomic E-state index is 13.5. The van der Waals surface area contributed by atoms with E-state index in [0.29, 0.717) is 19.6 Å². The highest BCUT2D eigenvalue weighted by Crippen LogP contribution is 2.32. The topological polar surface area (TPSA) is 89.5 Å². The Labute approximate surface area is 121 Å². The summed E-state index contributed by atoms with van der Waals surface area (Å²) in [5, 5.41) is 11.1. The fraction of sp³-hybridized carbons (Fsp3) is 0.500. The van der Waals surface area contributed by atoms with Crippen LogP contribution in [0.5, 0.6) is 0 Å². The third kappa shape index (κ3) is 2.87. The Morgan fingerprint density at radius 1 is 1.57 bits per heavy atom. The number of nitrogens with two attached hydrogens (primary N) is 1. The van der Waals surface area contributed by atoms with Gasteiger partial charge in [0.15, 0.2) is 0 Å². The lowest BCUT2D eigenvalue weighted by Crippen LogP contribution is -2.34. The van der Waals surface area contributed by atoms with Crippen LogP contribution in [0.15, 0.2) is 12.1 Å². The normalized spacial score (nSPS) is 21.6. The number of nitrogens with zero attached hydrogens (tertiary/aromatic N) is 2. The molecule has 1 atom stereocenters. The van der Waals surface area contributed by atoms with Gasteiger partial charge in [0.05, 0.1) is 4.92 Å². The summed E-state index contributed by atoms with van der Waals surface area (Å²) in [6.45, 7) is 4.72. The van der Waals surface area contributed by atoms with E-state index in [9.17, 15) is 19.3 Å². The van der Waals surface area contributed by atoms with E-state index < -0.39 is 16.6 Å². The van der Waals surface area contributed by atoms with E-state index in [1.54, 1.807) is 0 Å². The average molecular weight is 295 g/mol. The van der Waals surface area contributed by atoms with Crippen molar-refractivity contribution in [2.75, 3.05) is 19.6 Å². The average Bonchev–Trinajstić information content (AvgIpc) is 2.80. The highest BCUT2D eigenvalue weighted by atomic mass is 19.1. The van der Waals surface area contributed by atoms with Crippen molar-refractivity contribution >= 4 is 11.6 Å². The molecule has 0 aromatic heterocycles. The van der Waals surface area contributed by atoms with Gasteiger partial charge in [-0.1, -0.05) is 6.92 Å². The molecule has 1 aliphatic rings. The molecule has 0 spiro atoms. The number of aryl methyl sites for hydroxylation is 1. The summed E-state index contributed by atoms with van der Waals surface area (Å²) >= 11 is 0. The molecule has 1 unspecified atom stereocenters. The number of likely N-dealkylation sites (tertiary alicyclic amines) is 1. The molecule has 114 valence electrons. The summed E-state index contributed by atoms with van der Waals surface area (Å²) in [5.41, 5.74) is 5.12. The van der Waals surface area contributed by atoms with E-state index in [0.717, 1.165) is 18.6 Å². The maximum Gasteiger partial charge on any atom is 0.285 e. The summed E-state index contributed by atoms with van der Waals surface area (Å²) in [6.07, 6.45) is 0.733. The zero-order chi connectivity index (χ0) is 15.8. The van der Waals surface area contributed by atoms with Gasteiger partial charge in [-0.2, -0.15) is 0 Å². The van der Waals surface area contributed by atoms with Crippen LogP contribution in [0.2, 0.25) is 0 Å². The molecule has 0 aliphatic carbocycles. The largest absolute Gasteiger partial charge is 0.338 e. The van der Waals surface area contributed by atoms with Crippen molar-refractivity contribution < 1.29 is 14.1 Å².